The molecule has 0 heterocycles. The quantitative estimate of drug-likeness (QED) is 0.486. The lowest BCUT2D eigenvalue weighted by Crippen LogP contribution is -1.79. The summed E-state index contributed by atoms with van der Waals surface area (Å²) in [6.45, 7) is 3.70. The van der Waals surface area contributed by atoms with Crippen LogP contribution in [0, 0.1) is 0 Å². The van der Waals surface area contributed by atoms with Crippen molar-refractivity contribution in [2.24, 2.45) is 10.7 Å². The van der Waals surface area contributed by atoms with Crippen molar-refractivity contribution in [3.8, 4) is 0 Å². The molecule has 0 aliphatic rings. The van der Waals surface area contributed by atoms with Crippen LogP contribution in [0.5, 0.6) is 0 Å². The van der Waals surface area contributed by atoms with E-state index >= 15 is 0 Å². The fourth-order valence-corrected chi connectivity index (χ4v) is 0.247. The Morgan fingerprint density at radius 1 is 1.71 bits per heavy atom. The maximum absolute atomic E-state index is 5.08. The van der Waals surface area contributed by atoms with Gasteiger partial charge in [0.2, 0.25) is 0 Å². The van der Waals surface area contributed by atoms with Crippen molar-refractivity contribution in [1.82, 2.24) is 0 Å². The van der Waals surface area contributed by atoms with Gasteiger partial charge < -0.3 is 5.73 Å². The van der Waals surface area contributed by atoms with Gasteiger partial charge in [0.05, 0.1) is 5.70 Å². The lowest BCUT2D eigenvalue weighted by molar-refractivity contribution is 1.27. The van der Waals surface area contributed by atoms with Gasteiger partial charge in [-0.1, -0.05) is 0 Å². The van der Waals surface area contributed by atoms with Gasteiger partial charge in [0, 0.05) is 12.4 Å². The summed E-state index contributed by atoms with van der Waals surface area (Å²) >= 11 is 0. The lowest BCUT2D eigenvalue weighted by Gasteiger charge is -1.82. The molecule has 0 saturated carbocycles. The highest BCUT2D eigenvalue weighted by Gasteiger charge is 1.71. The normalized spacial score (nSPS) is 13.1. The Kier molecular flexibility index (Phi) is 3.02. The Morgan fingerprint density at radius 2 is 2.29 bits per heavy atom. The van der Waals surface area contributed by atoms with Crippen molar-refractivity contribution in [1.29, 1.82) is 0 Å². The van der Waals surface area contributed by atoms with Gasteiger partial charge in [0.1, 0.15) is 0 Å². The molecule has 0 amide bonds. The average Bonchev–Trinajstić information content (AvgIpc) is 1.68. The molecule has 7 heavy (non-hydrogen) atoms. The summed E-state index contributed by atoms with van der Waals surface area (Å²) in [4.78, 5) is 3.85. The predicted octanol–water partition coefficient (Wildman–Crippen LogP) is 0.897. The molecular formula is C5H10N2. The minimum absolute atomic E-state index is 0.850. The SMILES string of the molecule is C/C=N\C(C)=C/N. The highest BCUT2D eigenvalue weighted by atomic mass is 14.7. The molecule has 0 unspecified atom stereocenters. The van der Waals surface area contributed by atoms with E-state index in [0.29, 0.717) is 0 Å². The van der Waals surface area contributed by atoms with Gasteiger partial charge in [-0.3, -0.25) is 4.99 Å². The van der Waals surface area contributed by atoms with E-state index in [-0.39, 0.29) is 0 Å². The summed E-state index contributed by atoms with van der Waals surface area (Å²) in [6, 6.07) is 0. The molecule has 0 fully saturated rings. The number of aliphatic imine (C=N–C) groups is 1. The zero-order valence-corrected chi connectivity index (χ0v) is 4.68. The van der Waals surface area contributed by atoms with Gasteiger partial charge in [-0.2, -0.15) is 0 Å². The number of hydrogen-bond donors (Lipinski definition) is 1. The van der Waals surface area contributed by atoms with Crippen LogP contribution >= 0.6 is 0 Å². The largest absolute Gasteiger partial charge is 0.403 e. The summed E-state index contributed by atoms with van der Waals surface area (Å²) in [7, 11) is 0. The Hall–Kier alpha value is -0.790. The fourth-order valence-electron chi connectivity index (χ4n) is 0.247. The van der Waals surface area contributed by atoms with E-state index in [1.54, 1.807) is 6.21 Å². The third kappa shape index (κ3) is 3.03. The van der Waals surface area contributed by atoms with Gasteiger partial charge in [-0.05, 0) is 13.8 Å². The van der Waals surface area contributed by atoms with Gasteiger partial charge in [-0.25, -0.2) is 0 Å². The van der Waals surface area contributed by atoms with Crippen molar-refractivity contribution in [2.45, 2.75) is 13.8 Å². The van der Waals surface area contributed by atoms with E-state index in [4.69, 9.17) is 5.73 Å². The highest BCUT2D eigenvalue weighted by molar-refractivity contribution is 5.54. The molecule has 2 heteroatoms. The summed E-state index contributed by atoms with van der Waals surface area (Å²) in [6.07, 6.45) is 3.18. The van der Waals surface area contributed by atoms with E-state index < -0.39 is 0 Å². The second-order valence-electron chi connectivity index (χ2n) is 1.20. The predicted molar refractivity (Wildman–Crippen MR) is 32.1 cm³/mol. The molecule has 2 N–H and O–H groups in total. The molecule has 0 saturated heterocycles. The summed E-state index contributed by atoms with van der Waals surface area (Å²) in [5, 5.41) is 0. The molecule has 2 nitrogen and oxygen atoms in total. The van der Waals surface area contributed by atoms with Crippen molar-refractivity contribution >= 4 is 6.21 Å². The molecule has 0 rings (SSSR count). The van der Waals surface area contributed by atoms with Crippen LogP contribution in [0.25, 0.3) is 0 Å². The maximum Gasteiger partial charge on any atom is 0.0522 e. The number of allylic oxidation sites excluding steroid dienone is 1. The first-order valence-electron chi connectivity index (χ1n) is 2.18. The summed E-state index contributed by atoms with van der Waals surface area (Å²) in [5.41, 5.74) is 5.93. The molecule has 0 aliphatic heterocycles. The minimum atomic E-state index is 0.850. The maximum atomic E-state index is 5.08. The topological polar surface area (TPSA) is 38.4 Å². The van der Waals surface area contributed by atoms with Crippen LogP contribution in [-0.2, 0) is 0 Å². The van der Waals surface area contributed by atoms with Crippen molar-refractivity contribution in [3.05, 3.63) is 11.9 Å². The highest BCUT2D eigenvalue weighted by Crippen LogP contribution is 1.86. The Bertz CT molecular complexity index is 92.3. The van der Waals surface area contributed by atoms with Crippen molar-refractivity contribution < 1.29 is 0 Å². The van der Waals surface area contributed by atoms with Gasteiger partial charge >= 0.3 is 0 Å². The average molecular weight is 98.1 g/mol. The van der Waals surface area contributed by atoms with Crippen LogP contribution in [-0.4, -0.2) is 6.21 Å². The molecule has 0 spiro atoms. The van der Waals surface area contributed by atoms with E-state index in [1.807, 2.05) is 13.8 Å². The summed E-state index contributed by atoms with van der Waals surface area (Å²) in [5.74, 6) is 0. The molecule has 0 radical (unpaired) electrons. The number of hydrogen-bond acceptors (Lipinski definition) is 2. The fraction of sp³-hybridized carbons (Fsp3) is 0.400. The van der Waals surface area contributed by atoms with E-state index in [2.05, 4.69) is 4.99 Å². The third-order valence-corrected chi connectivity index (χ3v) is 0.574. The Morgan fingerprint density at radius 3 is 2.43 bits per heavy atom. The number of nitrogens with zero attached hydrogens (tertiary/aromatic N) is 1. The van der Waals surface area contributed by atoms with E-state index in [1.165, 1.54) is 6.20 Å². The molecule has 0 aromatic rings. The Balaban J connectivity index is 3.58. The van der Waals surface area contributed by atoms with Crippen LogP contribution in [0.2, 0.25) is 0 Å². The number of nitrogens with two attached hydrogens (primary N) is 1. The molecular weight excluding hydrogens is 88.1 g/mol. The molecule has 0 aliphatic carbocycles. The summed E-state index contributed by atoms with van der Waals surface area (Å²) < 4.78 is 0. The van der Waals surface area contributed by atoms with Crippen LogP contribution in [0.3, 0.4) is 0 Å². The van der Waals surface area contributed by atoms with Gasteiger partial charge in [-0.15, -0.1) is 0 Å². The first-order chi connectivity index (χ1) is 3.31. The molecule has 40 valence electrons. The first-order valence-corrected chi connectivity index (χ1v) is 2.18. The lowest BCUT2D eigenvalue weighted by atomic mass is 10.5. The third-order valence-electron chi connectivity index (χ3n) is 0.574. The molecule has 0 atom stereocenters. The molecule has 0 aromatic carbocycles. The first kappa shape index (κ1) is 6.21. The monoisotopic (exact) mass is 98.1 g/mol. The van der Waals surface area contributed by atoms with Gasteiger partial charge in [0.25, 0.3) is 0 Å². The van der Waals surface area contributed by atoms with Crippen LogP contribution in [0.4, 0.5) is 0 Å². The number of rotatable bonds is 1. The van der Waals surface area contributed by atoms with Crippen LogP contribution in [0.1, 0.15) is 13.8 Å². The standard InChI is InChI=1S/C5H10N2/c1-3-7-5(2)4-6/h3-4H,6H2,1-2H3/b5-4-,7-3-. The van der Waals surface area contributed by atoms with Crippen LogP contribution < -0.4 is 5.73 Å². The van der Waals surface area contributed by atoms with Crippen molar-refractivity contribution in [3.63, 3.8) is 0 Å². The van der Waals surface area contributed by atoms with E-state index in [0.717, 1.165) is 5.70 Å². The zero-order chi connectivity index (χ0) is 5.70. The van der Waals surface area contributed by atoms with E-state index in [9.17, 15) is 0 Å². The van der Waals surface area contributed by atoms with Gasteiger partial charge in [0.15, 0.2) is 0 Å². The zero-order valence-electron chi connectivity index (χ0n) is 4.68. The molecule has 0 aromatic heterocycles. The molecule has 0 bridgehead atoms. The second kappa shape index (κ2) is 3.40. The van der Waals surface area contributed by atoms with Crippen molar-refractivity contribution in [2.75, 3.05) is 0 Å². The van der Waals surface area contributed by atoms with Crippen LogP contribution in [0.15, 0.2) is 16.9 Å². The second-order valence-corrected chi connectivity index (χ2v) is 1.20. The Labute approximate surface area is 43.7 Å². The minimum Gasteiger partial charge on any atom is -0.403 e. The smallest absolute Gasteiger partial charge is 0.0522 e.